The van der Waals surface area contributed by atoms with Gasteiger partial charge in [-0.25, -0.2) is 0 Å². The van der Waals surface area contributed by atoms with Gasteiger partial charge in [-0.1, -0.05) is 164 Å². The Bertz CT molecular complexity index is 2330. The Morgan fingerprint density at radius 2 is 0.740 bits per heavy atom. The number of benzene rings is 8. The van der Waals surface area contributed by atoms with Gasteiger partial charge in [-0.3, -0.25) is 0 Å². The molecule has 0 aliphatic carbocycles. The zero-order valence-corrected chi connectivity index (χ0v) is 27.4. The molecule has 0 atom stereocenters. The minimum Gasteiger partial charge on any atom is -0.454 e. The molecule has 1 aliphatic heterocycles. The Hall–Kier alpha value is -6.64. The van der Waals surface area contributed by atoms with E-state index in [0.717, 1.165) is 45.3 Å². The average Bonchev–Trinajstić information content (AvgIpc) is 3.35. The Balaban J connectivity index is 1.25. The van der Waals surface area contributed by atoms with Crippen LogP contribution in [0.4, 0.5) is 17.1 Å². The fraction of sp³-hybridized carbons (Fsp3) is 0. The summed E-state index contributed by atoms with van der Waals surface area (Å²) in [6, 6.07) is 70.8. The molecule has 2 heteroatoms. The summed E-state index contributed by atoms with van der Waals surface area (Å²) >= 11 is 0. The van der Waals surface area contributed by atoms with Crippen LogP contribution >= 0.6 is 0 Å². The summed E-state index contributed by atoms with van der Waals surface area (Å²) < 4.78 is 7.08. The first-order chi connectivity index (χ1) is 24.8. The molecule has 8 aromatic rings. The maximum Gasteiger partial charge on any atom is 0.159 e. The van der Waals surface area contributed by atoms with Crippen molar-refractivity contribution in [2.24, 2.45) is 0 Å². The smallest absolute Gasteiger partial charge is 0.159 e. The number of para-hydroxylation sites is 2. The summed E-state index contributed by atoms with van der Waals surface area (Å²) in [4.78, 5) is 2.32. The van der Waals surface area contributed by atoms with Crippen molar-refractivity contribution in [3.05, 3.63) is 200 Å². The van der Waals surface area contributed by atoms with Gasteiger partial charge in [-0.15, -0.1) is 0 Å². The lowest BCUT2D eigenvalue weighted by molar-refractivity contribution is 0.489. The molecule has 0 saturated carbocycles. The molecule has 0 aromatic heterocycles. The predicted molar refractivity (Wildman–Crippen MR) is 208 cm³/mol. The van der Waals surface area contributed by atoms with Crippen LogP contribution in [0.15, 0.2) is 200 Å². The van der Waals surface area contributed by atoms with E-state index >= 15 is 0 Å². The van der Waals surface area contributed by atoms with E-state index < -0.39 is 0 Å². The van der Waals surface area contributed by atoms with E-state index in [4.69, 9.17) is 4.74 Å². The van der Waals surface area contributed by atoms with Gasteiger partial charge in [0.1, 0.15) is 5.75 Å². The van der Waals surface area contributed by atoms with Gasteiger partial charge in [0, 0.05) is 28.1 Å². The van der Waals surface area contributed by atoms with Crippen LogP contribution in [0.3, 0.4) is 0 Å². The summed E-state index contributed by atoms with van der Waals surface area (Å²) in [7, 11) is 0. The summed E-state index contributed by atoms with van der Waals surface area (Å²) in [5, 5.41) is 0. The first-order valence-corrected chi connectivity index (χ1v) is 17.0. The molecule has 2 nitrogen and oxygen atoms in total. The molecule has 0 saturated heterocycles. The molecule has 0 amide bonds. The van der Waals surface area contributed by atoms with Crippen LogP contribution in [0.25, 0.3) is 55.6 Å². The topological polar surface area (TPSA) is 12.5 Å². The van der Waals surface area contributed by atoms with E-state index in [2.05, 4.69) is 205 Å². The maximum absolute atomic E-state index is 7.08. The minimum absolute atomic E-state index is 0.822. The van der Waals surface area contributed by atoms with Crippen LogP contribution in [-0.4, -0.2) is 0 Å². The highest BCUT2D eigenvalue weighted by atomic mass is 16.5. The summed E-state index contributed by atoms with van der Waals surface area (Å²) in [5.74, 6) is 1.66. The van der Waals surface area contributed by atoms with Crippen LogP contribution in [0.2, 0.25) is 0 Å². The summed E-state index contributed by atoms with van der Waals surface area (Å²) in [6.45, 7) is 0. The van der Waals surface area contributed by atoms with Gasteiger partial charge in [-0.05, 0) is 75.3 Å². The number of anilines is 3. The molecular formula is C48H33NO. The van der Waals surface area contributed by atoms with Crippen LogP contribution in [0.5, 0.6) is 11.5 Å². The zero-order valence-electron chi connectivity index (χ0n) is 27.4. The van der Waals surface area contributed by atoms with Gasteiger partial charge >= 0.3 is 0 Å². The maximum atomic E-state index is 7.08. The average molecular weight is 640 g/mol. The van der Waals surface area contributed by atoms with Crippen molar-refractivity contribution in [3.63, 3.8) is 0 Å². The molecule has 0 N–H and O–H groups in total. The summed E-state index contributed by atoms with van der Waals surface area (Å²) in [6.07, 6.45) is 0. The third-order valence-corrected chi connectivity index (χ3v) is 9.51. The first-order valence-electron chi connectivity index (χ1n) is 17.0. The Morgan fingerprint density at radius 3 is 1.34 bits per heavy atom. The van der Waals surface area contributed by atoms with E-state index in [9.17, 15) is 0 Å². The van der Waals surface area contributed by atoms with Crippen molar-refractivity contribution in [2.45, 2.75) is 0 Å². The molecule has 0 radical (unpaired) electrons. The number of nitrogens with zero attached hydrogens (tertiary/aromatic N) is 1. The highest BCUT2D eigenvalue weighted by Gasteiger charge is 2.28. The van der Waals surface area contributed by atoms with Gasteiger partial charge < -0.3 is 9.64 Å². The van der Waals surface area contributed by atoms with E-state index in [1.54, 1.807) is 0 Å². The fourth-order valence-electron chi connectivity index (χ4n) is 7.11. The van der Waals surface area contributed by atoms with E-state index in [0.29, 0.717) is 0 Å². The molecule has 0 fully saturated rings. The number of fused-ring (bicyclic) bond motifs is 5. The van der Waals surface area contributed by atoms with E-state index in [1.807, 2.05) is 0 Å². The van der Waals surface area contributed by atoms with Crippen LogP contribution in [0, 0.1) is 0 Å². The Labute approximate surface area is 293 Å². The quantitative estimate of drug-likeness (QED) is 0.179. The van der Waals surface area contributed by atoms with Gasteiger partial charge in [0.15, 0.2) is 5.75 Å². The van der Waals surface area contributed by atoms with Crippen molar-refractivity contribution >= 4 is 17.1 Å². The number of rotatable bonds is 6. The zero-order chi connectivity index (χ0) is 33.3. The number of ether oxygens (including phenoxy) is 1. The van der Waals surface area contributed by atoms with Gasteiger partial charge in [0.25, 0.3) is 0 Å². The molecule has 0 bridgehead atoms. The highest BCUT2D eigenvalue weighted by Crippen LogP contribution is 2.54. The summed E-state index contributed by atoms with van der Waals surface area (Å²) in [5.41, 5.74) is 14.6. The molecule has 9 rings (SSSR count). The molecule has 8 aromatic carbocycles. The van der Waals surface area contributed by atoms with Crippen molar-refractivity contribution in [1.29, 1.82) is 0 Å². The van der Waals surface area contributed by atoms with Crippen LogP contribution in [-0.2, 0) is 0 Å². The first kappa shape index (κ1) is 29.5. The van der Waals surface area contributed by atoms with Crippen molar-refractivity contribution in [3.8, 4) is 67.1 Å². The van der Waals surface area contributed by atoms with Crippen LogP contribution in [0.1, 0.15) is 0 Å². The van der Waals surface area contributed by atoms with Crippen molar-refractivity contribution in [1.82, 2.24) is 0 Å². The van der Waals surface area contributed by atoms with E-state index in [1.165, 1.54) is 38.9 Å². The lowest BCUT2D eigenvalue weighted by Gasteiger charge is -2.28. The number of hydrogen-bond acceptors (Lipinski definition) is 2. The largest absolute Gasteiger partial charge is 0.454 e. The van der Waals surface area contributed by atoms with Crippen molar-refractivity contribution < 1.29 is 4.74 Å². The number of hydrogen-bond donors (Lipinski definition) is 0. The Kier molecular flexibility index (Phi) is 7.53. The second kappa shape index (κ2) is 12.8. The second-order valence-electron chi connectivity index (χ2n) is 12.5. The molecule has 0 unspecified atom stereocenters. The highest BCUT2D eigenvalue weighted by molar-refractivity contribution is 6.01. The van der Waals surface area contributed by atoms with Gasteiger partial charge in [-0.2, -0.15) is 0 Å². The molecule has 0 spiro atoms. The van der Waals surface area contributed by atoms with Gasteiger partial charge in [0.2, 0.25) is 0 Å². The third kappa shape index (κ3) is 5.34. The molecule has 1 aliphatic rings. The normalized spacial score (nSPS) is 11.4. The molecule has 1 heterocycles. The molecule has 236 valence electrons. The lowest BCUT2D eigenvalue weighted by Crippen LogP contribution is -2.11. The van der Waals surface area contributed by atoms with Gasteiger partial charge in [0.05, 0.1) is 5.69 Å². The van der Waals surface area contributed by atoms with Crippen LogP contribution < -0.4 is 9.64 Å². The monoisotopic (exact) mass is 639 g/mol. The second-order valence-corrected chi connectivity index (χ2v) is 12.5. The Morgan fingerprint density at radius 1 is 0.300 bits per heavy atom. The third-order valence-electron chi connectivity index (χ3n) is 9.51. The fourth-order valence-corrected chi connectivity index (χ4v) is 7.11. The minimum atomic E-state index is 0.822. The van der Waals surface area contributed by atoms with Crippen molar-refractivity contribution in [2.75, 3.05) is 4.90 Å². The SMILES string of the molecule is c1ccc(-c2ccc(N(c3ccc(-c4ccccc4)cc3)c3cccc4c3Oc3ccccc3-c3c(-c5ccccc5)cccc3-4)cc2)cc1. The molecule has 50 heavy (non-hydrogen) atoms. The lowest BCUT2D eigenvalue weighted by atomic mass is 9.87. The standard InChI is InChI=1S/C48H33NO/c1-4-14-34(15-5-1)36-26-30-39(31-27-36)49(40-32-28-37(29-33-40)35-16-6-2-7-17-35)45-24-13-23-43-42-22-12-21-41(38-18-8-3-9-19-38)47(42)44-20-10-11-25-46(44)50-48(43)45/h1-33H. The van der Waals surface area contributed by atoms with E-state index in [-0.39, 0.29) is 0 Å². The molecular weight excluding hydrogens is 607 g/mol. The predicted octanol–water partition coefficient (Wildman–Crippen LogP) is 13.6.